The zero-order valence-corrected chi connectivity index (χ0v) is 19.6. The zero-order valence-electron chi connectivity index (χ0n) is 19.6. The van der Waals surface area contributed by atoms with E-state index in [1.165, 1.54) is 7.11 Å². The molecule has 4 rings (SSSR count). The Morgan fingerprint density at radius 1 is 0.971 bits per heavy atom. The normalized spacial score (nSPS) is 10.6. The maximum absolute atomic E-state index is 12.9. The monoisotopic (exact) mass is 475 g/mol. The fraction of sp³-hybridized carbons (Fsp3) is 0.192. The van der Waals surface area contributed by atoms with Crippen LogP contribution >= 0.6 is 0 Å². The van der Waals surface area contributed by atoms with Crippen molar-refractivity contribution >= 4 is 17.7 Å². The number of furan rings is 1. The Bertz CT molecular complexity index is 1340. The van der Waals surface area contributed by atoms with Gasteiger partial charge in [0, 0.05) is 17.2 Å². The van der Waals surface area contributed by atoms with Crippen LogP contribution in [0.2, 0.25) is 0 Å². The number of carbonyl (C=O) groups excluding carboxylic acids is 2. The lowest BCUT2D eigenvalue weighted by molar-refractivity contribution is 0.0487. The van der Waals surface area contributed by atoms with Crippen LogP contribution in [0.25, 0.3) is 11.3 Å². The Labute approximate surface area is 202 Å². The van der Waals surface area contributed by atoms with Gasteiger partial charge in [0.1, 0.15) is 29.7 Å². The standard InChI is InChI=1S/C26H25N3O6/c1-17-22(10-12-34-17)23-16-24(27-25(30)18-6-4-8-20(14-18)32-2)29(28-23)11-13-35-26(31)19-7-5-9-21(15-19)33-3/h4-10,12,14-16H,11,13H2,1-3H3,(H,27,30). The molecular weight excluding hydrogens is 450 g/mol. The van der Waals surface area contributed by atoms with E-state index in [4.69, 9.17) is 18.6 Å². The minimum absolute atomic E-state index is 0.0452. The summed E-state index contributed by atoms with van der Waals surface area (Å²) in [6.45, 7) is 2.10. The van der Waals surface area contributed by atoms with Crippen molar-refractivity contribution in [3.8, 4) is 22.8 Å². The SMILES string of the molecule is COc1cccc(C(=O)Nc2cc(-c3ccoc3C)nn2CCOC(=O)c2cccc(OC)c2)c1. The molecule has 0 atom stereocenters. The molecule has 2 aromatic carbocycles. The van der Waals surface area contributed by atoms with E-state index in [9.17, 15) is 9.59 Å². The summed E-state index contributed by atoms with van der Waals surface area (Å²) >= 11 is 0. The maximum Gasteiger partial charge on any atom is 0.338 e. The van der Waals surface area contributed by atoms with Crippen molar-refractivity contribution < 1.29 is 28.2 Å². The quantitative estimate of drug-likeness (QED) is 0.353. The van der Waals surface area contributed by atoms with Gasteiger partial charge in [-0.1, -0.05) is 12.1 Å². The number of carbonyl (C=O) groups is 2. The Hall–Kier alpha value is -4.53. The number of aromatic nitrogens is 2. The Kier molecular flexibility index (Phi) is 7.15. The van der Waals surface area contributed by atoms with Crippen molar-refractivity contribution in [2.45, 2.75) is 13.5 Å². The molecule has 0 bridgehead atoms. The van der Waals surface area contributed by atoms with Crippen molar-refractivity contribution in [3.63, 3.8) is 0 Å². The molecule has 0 aliphatic rings. The number of hydrogen-bond donors (Lipinski definition) is 1. The molecule has 4 aromatic rings. The van der Waals surface area contributed by atoms with E-state index in [0.717, 1.165) is 5.56 Å². The second-order valence-electron chi connectivity index (χ2n) is 7.58. The van der Waals surface area contributed by atoms with Gasteiger partial charge in [0.25, 0.3) is 5.91 Å². The first-order valence-corrected chi connectivity index (χ1v) is 10.9. The fourth-order valence-corrected chi connectivity index (χ4v) is 3.48. The largest absolute Gasteiger partial charge is 0.497 e. The number of methoxy groups -OCH3 is 2. The molecule has 0 spiro atoms. The average molecular weight is 476 g/mol. The molecule has 1 N–H and O–H groups in total. The van der Waals surface area contributed by atoms with Gasteiger partial charge < -0.3 is 23.9 Å². The van der Waals surface area contributed by atoms with Crippen LogP contribution in [0.4, 0.5) is 5.82 Å². The summed E-state index contributed by atoms with van der Waals surface area (Å²) in [7, 11) is 3.07. The summed E-state index contributed by atoms with van der Waals surface area (Å²) < 4.78 is 22.8. The predicted molar refractivity (Wildman–Crippen MR) is 129 cm³/mol. The first kappa shape index (κ1) is 23.6. The topological polar surface area (TPSA) is 105 Å². The number of benzene rings is 2. The Morgan fingerprint density at radius 2 is 1.66 bits per heavy atom. The molecule has 9 heteroatoms. The second kappa shape index (κ2) is 10.6. The maximum atomic E-state index is 12.9. The molecule has 0 fully saturated rings. The van der Waals surface area contributed by atoms with Crippen molar-refractivity contribution in [2.75, 3.05) is 26.1 Å². The number of nitrogens with zero attached hydrogens (tertiary/aromatic N) is 2. The molecule has 35 heavy (non-hydrogen) atoms. The smallest absolute Gasteiger partial charge is 0.338 e. The highest BCUT2D eigenvalue weighted by atomic mass is 16.5. The summed E-state index contributed by atoms with van der Waals surface area (Å²) in [5.74, 6) is 1.48. The third kappa shape index (κ3) is 5.52. The molecule has 0 unspecified atom stereocenters. The highest BCUT2D eigenvalue weighted by Crippen LogP contribution is 2.26. The summed E-state index contributed by atoms with van der Waals surface area (Å²) in [5.41, 5.74) is 2.24. The molecule has 2 heterocycles. The zero-order chi connectivity index (χ0) is 24.8. The van der Waals surface area contributed by atoms with E-state index in [-0.39, 0.29) is 19.1 Å². The molecule has 1 amide bonds. The van der Waals surface area contributed by atoms with Crippen molar-refractivity contribution in [2.24, 2.45) is 0 Å². The van der Waals surface area contributed by atoms with Gasteiger partial charge in [0.05, 0.1) is 38.3 Å². The first-order valence-electron chi connectivity index (χ1n) is 10.9. The summed E-state index contributed by atoms with van der Waals surface area (Å²) in [5, 5.41) is 7.48. The molecule has 2 aromatic heterocycles. The van der Waals surface area contributed by atoms with E-state index in [0.29, 0.717) is 39.9 Å². The Morgan fingerprint density at radius 3 is 2.31 bits per heavy atom. The van der Waals surface area contributed by atoms with Crippen LogP contribution < -0.4 is 14.8 Å². The van der Waals surface area contributed by atoms with Crippen LogP contribution in [-0.4, -0.2) is 42.5 Å². The van der Waals surface area contributed by atoms with Crippen LogP contribution in [0.1, 0.15) is 26.5 Å². The van der Waals surface area contributed by atoms with Crippen LogP contribution in [0.5, 0.6) is 11.5 Å². The van der Waals surface area contributed by atoms with E-state index in [1.54, 1.807) is 78.7 Å². The fourth-order valence-electron chi connectivity index (χ4n) is 3.48. The minimum Gasteiger partial charge on any atom is -0.497 e. The van der Waals surface area contributed by atoms with E-state index < -0.39 is 5.97 Å². The number of amides is 1. The predicted octanol–water partition coefficient (Wildman–Crippen LogP) is 4.58. The summed E-state index contributed by atoms with van der Waals surface area (Å²) in [4.78, 5) is 25.3. The third-order valence-corrected chi connectivity index (χ3v) is 5.33. The number of hydrogen-bond acceptors (Lipinski definition) is 7. The number of ether oxygens (including phenoxy) is 3. The molecule has 180 valence electrons. The molecule has 0 saturated heterocycles. The lowest BCUT2D eigenvalue weighted by Gasteiger charge is -2.10. The van der Waals surface area contributed by atoms with Gasteiger partial charge in [-0.25, -0.2) is 9.48 Å². The molecule has 9 nitrogen and oxygen atoms in total. The minimum atomic E-state index is -0.482. The van der Waals surface area contributed by atoms with E-state index >= 15 is 0 Å². The number of esters is 1. The van der Waals surface area contributed by atoms with Gasteiger partial charge in [-0.2, -0.15) is 5.10 Å². The van der Waals surface area contributed by atoms with Crippen LogP contribution in [0, 0.1) is 6.92 Å². The lowest BCUT2D eigenvalue weighted by atomic mass is 10.2. The second-order valence-corrected chi connectivity index (χ2v) is 7.58. The summed E-state index contributed by atoms with van der Waals surface area (Å²) in [6.07, 6.45) is 1.58. The van der Waals surface area contributed by atoms with Gasteiger partial charge in [0.15, 0.2) is 0 Å². The third-order valence-electron chi connectivity index (χ3n) is 5.33. The van der Waals surface area contributed by atoms with Crippen molar-refractivity contribution in [1.82, 2.24) is 9.78 Å². The van der Waals surface area contributed by atoms with Gasteiger partial charge >= 0.3 is 5.97 Å². The molecule has 0 aliphatic heterocycles. The van der Waals surface area contributed by atoms with Crippen LogP contribution in [0.3, 0.4) is 0 Å². The van der Waals surface area contributed by atoms with Gasteiger partial charge in [-0.3, -0.25) is 4.79 Å². The number of rotatable bonds is 9. The molecular formula is C26H25N3O6. The van der Waals surface area contributed by atoms with Gasteiger partial charge in [0.2, 0.25) is 0 Å². The van der Waals surface area contributed by atoms with E-state index in [1.807, 2.05) is 6.92 Å². The van der Waals surface area contributed by atoms with Crippen LogP contribution in [-0.2, 0) is 11.3 Å². The summed E-state index contributed by atoms with van der Waals surface area (Å²) in [6, 6.07) is 17.1. The molecule has 0 radical (unpaired) electrons. The first-order chi connectivity index (χ1) is 17.0. The van der Waals surface area contributed by atoms with Crippen molar-refractivity contribution in [3.05, 3.63) is 83.8 Å². The van der Waals surface area contributed by atoms with Gasteiger partial charge in [-0.15, -0.1) is 0 Å². The molecule has 0 saturated carbocycles. The lowest BCUT2D eigenvalue weighted by Crippen LogP contribution is -2.18. The number of aryl methyl sites for hydroxylation is 1. The van der Waals surface area contributed by atoms with E-state index in [2.05, 4.69) is 10.4 Å². The highest BCUT2D eigenvalue weighted by molar-refractivity contribution is 6.04. The Balaban J connectivity index is 1.52. The molecule has 0 aliphatic carbocycles. The van der Waals surface area contributed by atoms with Gasteiger partial charge in [-0.05, 0) is 49.4 Å². The van der Waals surface area contributed by atoms with Crippen molar-refractivity contribution in [1.29, 1.82) is 0 Å². The highest BCUT2D eigenvalue weighted by Gasteiger charge is 2.17. The number of nitrogens with one attached hydrogen (secondary N) is 1. The number of anilines is 1. The van der Waals surface area contributed by atoms with Crippen LogP contribution in [0.15, 0.2) is 71.3 Å². The average Bonchev–Trinajstić information content (AvgIpc) is 3.49.